The molecular formula is C10H13N5O2S. The van der Waals surface area contributed by atoms with Gasteiger partial charge in [-0.05, 0) is 12.1 Å². The molecule has 4 N–H and O–H groups in total. The first-order valence-electron chi connectivity index (χ1n) is 5.27. The van der Waals surface area contributed by atoms with Gasteiger partial charge in [-0.15, -0.1) is 0 Å². The van der Waals surface area contributed by atoms with E-state index in [2.05, 4.69) is 20.1 Å². The summed E-state index contributed by atoms with van der Waals surface area (Å²) < 4.78 is 26.3. The smallest absolute Gasteiger partial charge is 0.240 e. The number of benzene rings is 1. The van der Waals surface area contributed by atoms with Crippen LogP contribution in [0.3, 0.4) is 0 Å². The molecule has 1 aromatic carbocycles. The number of nitrogens with two attached hydrogens (primary N) is 1. The minimum atomic E-state index is -3.53. The molecule has 18 heavy (non-hydrogen) atoms. The summed E-state index contributed by atoms with van der Waals surface area (Å²) in [5, 5.41) is 10.1. The number of aromatic nitrogens is 3. The second-order valence-electron chi connectivity index (χ2n) is 3.56. The maximum absolute atomic E-state index is 11.9. The van der Waals surface area contributed by atoms with E-state index in [1.165, 1.54) is 12.1 Å². The van der Waals surface area contributed by atoms with E-state index in [0.717, 1.165) is 0 Å². The van der Waals surface area contributed by atoms with E-state index in [4.69, 9.17) is 5.73 Å². The Balaban J connectivity index is 2.11. The molecule has 2 rings (SSSR count). The van der Waals surface area contributed by atoms with Gasteiger partial charge in [0.1, 0.15) is 11.4 Å². The van der Waals surface area contributed by atoms with Crippen LogP contribution < -0.4 is 10.5 Å². The van der Waals surface area contributed by atoms with E-state index in [0.29, 0.717) is 11.4 Å². The summed E-state index contributed by atoms with van der Waals surface area (Å²) in [5.41, 5.74) is 6.49. The van der Waals surface area contributed by atoms with Crippen LogP contribution in [0.2, 0.25) is 0 Å². The highest BCUT2D eigenvalue weighted by Crippen LogP contribution is 2.08. The molecule has 0 aliphatic carbocycles. The van der Waals surface area contributed by atoms with Crippen molar-refractivity contribution in [2.75, 3.05) is 0 Å². The maximum Gasteiger partial charge on any atom is 0.240 e. The fraction of sp³-hybridized carbons (Fsp3) is 0.200. The van der Waals surface area contributed by atoms with Crippen LogP contribution in [0.1, 0.15) is 11.4 Å². The lowest BCUT2D eigenvalue weighted by molar-refractivity contribution is 0.580. The van der Waals surface area contributed by atoms with Gasteiger partial charge in [-0.3, -0.25) is 0 Å². The number of aromatic amines is 1. The lowest BCUT2D eigenvalue weighted by atomic mass is 10.3. The van der Waals surface area contributed by atoms with Gasteiger partial charge in [0.15, 0.2) is 0 Å². The third kappa shape index (κ3) is 2.73. The van der Waals surface area contributed by atoms with E-state index in [1.807, 2.05) is 0 Å². The van der Waals surface area contributed by atoms with Crippen LogP contribution in [-0.4, -0.2) is 23.8 Å². The van der Waals surface area contributed by atoms with Crippen LogP contribution in [0.25, 0.3) is 0 Å². The Morgan fingerprint density at radius 2 is 1.83 bits per heavy atom. The minimum absolute atomic E-state index is 0.0558. The summed E-state index contributed by atoms with van der Waals surface area (Å²) in [4.78, 5) is 0.211. The van der Waals surface area contributed by atoms with Gasteiger partial charge in [0.2, 0.25) is 10.0 Å². The van der Waals surface area contributed by atoms with Crippen molar-refractivity contribution in [1.29, 1.82) is 0 Å². The number of rotatable bonds is 5. The van der Waals surface area contributed by atoms with Crippen LogP contribution >= 0.6 is 0 Å². The van der Waals surface area contributed by atoms with E-state index < -0.39 is 10.0 Å². The van der Waals surface area contributed by atoms with E-state index >= 15 is 0 Å². The van der Waals surface area contributed by atoms with Crippen molar-refractivity contribution < 1.29 is 8.42 Å². The van der Waals surface area contributed by atoms with E-state index in [-0.39, 0.29) is 18.0 Å². The number of sulfonamides is 1. The topological polar surface area (TPSA) is 114 Å². The van der Waals surface area contributed by atoms with Crippen molar-refractivity contribution >= 4 is 10.0 Å². The predicted molar refractivity (Wildman–Crippen MR) is 64.7 cm³/mol. The molecule has 7 nitrogen and oxygen atoms in total. The molecule has 1 heterocycles. The van der Waals surface area contributed by atoms with Crippen molar-refractivity contribution in [3.8, 4) is 0 Å². The van der Waals surface area contributed by atoms with Gasteiger partial charge in [-0.25, -0.2) is 13.1 Å². The van der Waals surface area contributed by atoms with Crippen molar-refractivity contribution in [1.82, 2.24) is 20.1 Å². The van der Waals surface area contributed by atoms with Gasteiger partial charge in [-0.2, -0.15) is 15.4 Å². The number of H-pyrrole nitrogens is 1. The monoisotopic (exact) mass is 267 g/mol. The zero-order chi connectivity index (χ0) is 13.0. The van der Waals surface area contributed by atoms with Gasteiger partial charge >= 0.3 is 0 Å². The molecule has 0 spiro atoms. The van der Waals surface area contributed by atoms with E-state index in [9.17, 15) is 8.42 Å². The summed E-state index contributed by atoms with van der Waals surface area (Å²) in [6.07, 6.45) is 0. The molecule has 0 saturated carbocycles. The molecule has 0 amide bonds. The highest BCUT2D eigenvalue weighted by molar-refractivity contribution is 7.89. The van der Waals surface area contributed by atoms with Crippen LogP contribution in [0, 0.1) is 0 Å². The fourth-order valence-corrected chi connectivity index (χ4v) is 2.43. The molecule has 0 bridgehead atoms. The zero-order valence-electron chi connectivity index (χ0n) is 9.50. The number of nitrogens with one attached hydrogen (secondary N) is 2. The Hall–Kier alpha value is -1.77. The number of hydrogen-bond donors (Lipinski definition) is 3. The first kappa shape index (κ1) is 12.7. The summed E-state index contributed by atoms with van der Waals surface area (Å²) in [7, 11) is -3.53. The van der Waals surface area contributed by atoms with Crippen LogP contribution in [0.5, 0.6) is 0 Å². The maximum atomic E-state index is 11.9. The lowest BCUT2D eigenvalue weighted by Gasteiger charge is -2.05. The molecule has 0 atom stereocenters. The standard InChI is InChI=1S/C10H13N5O2S/c11-6-9-10(14-15-13-9)7-12-18(16,17)8-4-2-1-3-5-8/h1-5,12H,6-7,11H2,(H,13,14,15). The van der Waals surface area contributed by atoms with Gasteiger partial charge in [-0.1, -0.05) is 18.2 Å². The third-order valence-corrected chi connectivity index (χ3v) is 3.80. The van der Waals surface area contributed by atoms with Gasteiger partial charge in [0, 0.05) is 6.54 Å². The molecular weight excluding hydrogens is 254 g/mol. The summed E-state index contributed by atoms with van der Waals surface area (Å²) in [6.45, 7) is 0.263. The summed E-state index contributed by atoms with van der Waals surface area (Å²) >= 11 is 0. The van der Waals surface area contributed by atoms with Crippen LogP contribution in [0.15, 0.2) is 35.2 Å². The minimum Gasteiger partial charge on any atom is -0.325 e. The third-order valence-electron chi connectivity index (χ3n) is 2.38. The van der Waals surface area contributed by atoms with Crippen LogP contribution in [-0.2, 0) is 23.1 Å². The average molecular weight is 267 g/mol. The highest BCUT2D eigenvalue weighted by atomic mass is 32.2. The molecule has 2 aromatic rings. The molecule has 8 heteroatoms. The Morgan fingerprint density at radius 1 is 1.17 bits per heavy atom. The van der Waals surface area contributed by atoms with Crippen molar-refractivity contribution in [2.45, 2.75) is 18.0 Å². The van der Waals surface area contributed by atoms with E-state index in [1.54, 1.807) is 18.2 Å². The number of nitrogens with zero attached hydrogens (tertiary/aromatic N) is 2. The fourth-order valence-electron chi connectivity index (χ4n) is 1.43. The first-order chi connectivity index (χ1) is 8.63. The Labute approximate surface area is 104 Å². The summed E-state index contributed by atoms with van der Waals surface area (Å²) in [5.74, 6) is 0. The number of hydrogen-bond acceptors (Lipinski definition) is 5. The molecule has 0 fully saturated rings. The molecule has 96 valence electrons. The Morgan fingerprint density at radius 3 is 2.50 bits per heavy atom. The second-order valence-corrected chi connectivity index (χ2v) is 5.33. The average Bonchev–Trinajstić information content (AvgIpc) is 2.85. The molecule has 0 aliphatic heterocycles. The lowest BCUT2D eigenvalue weighted by Crippen LogP contribution is -2.24. The molecule has 0 radical (unpaired) electrons. The quantitative estimate of drug-likeness (QED) is 0.690. The van der Waals surface area contributed by atoms with Gasteiger partial charge < -0.3 is 5.73 Å². The SMILES string of the molecule is NCc1n[nH]nc1CNS(=O)(=O)c1ccccc1. The zero-order valence-corrected chi connectivity index (χ0v) is 10.3. The first-order valence-corrected chi connectivity index (χ1v) is 6.75. The van der Waals surface area contributed by atoms with Crippen molar-refractivity contribution in [3.05, 3.63) is 41.7 Å². The molecule has 0 saturated heterocycles. The molecule has 1 aromatic heterocycles. The van der Waals surface area contributed by atoms with Gasteiger partial charge in [0.25, 0.3) is 0 Å². The van der Waals surface area contributed by atoms with Crippen LogP contribution in [0.4, 0.5) is 0 Å². The molecule has 0 unspecified atom stereocenters. The predicted octanol–water partition coefficient (Wildman–Crippen LogP) is -0.258. The Kier molecular flexibility index (Phi) is 3.70. The van der Waals surface area contributed by atoms with Crippen molar-refractivity contribution in [3.63, 3.8) is 0 Å². The highest BCUT2D eigenvalue weighted by Gasteiger charge is 2.15. The van der Waals surface area contributed by atoms with Gasteiger partial charge in [0.05, 0.1) is 11.4 Å². The Bertz CT molecular complexity index is 608. The normalized spacial score (nSPS) is 11.6. The summed E-state index contributed by atoms with van der Waals surface area (Å²) in [6, 6.07) is 8.12. The molecule has 0 aliphatic rings. The largest absolute Gasteiger partial charge is 0.325 e. The van der Waals surface area contributed by atoms with Crippen molar-refractivity contribution in [2.24, 2.45) is 5.73 Å². The second kappa shape index (κ2) is 5.25.